The number of carbonyl (C=O) groups is 1. The first kappa shape index (κ1) is 23.0. The number of rotatable bonds is 8. The lowest BCUT2D eigenvalue weighted by molar-refractivity contribution is -0.120. The molecule has 0 aliphatic carbocycles. The van der Waals surface area contributed by atoms with Crippen molar-refractivity contribution in [3.8, 4) is 0 Å². The number of sulfonamides is 1. The van der Waals surface area contributed by atoms with Crippen LogP contribution in [0, 0.1) is 6.92 Å². The second-order valence-electron chi connectivity index (χ2n) is 7.24. The third kappa shape index (κ3) is 5.74. The van der Waals surface area contributed by atoms with E-state index in [-0.39, 0.29) is 23.4 Å². The van der Waals surface area contributed by atoms with E-state index in [2.05, 4.69) is 21.2 Å². The second kappa shape index (κ2) is 10.1. The van der Waals surface area contributed by atoms with Gasteiger partial charge in [0, 0.05) is 4.47 Å². The Morgan fingerprint density at radius 1 is 1.00 bits per heavy atom. The Labute approximate surface area is 192 Å². The minimum atomic E-state index is -3.93. The van der Waals surface area contributed by atoms with E-state index in [1.165, 1.54) is 12.1 Å². The summed E-state index contributed by atoms with van der Waals surface area (Å²) >= 11 is 3.39. The Hall–Kier alpha value is -2.64. The van der Waals surface area contributed by atoms with Crippen molar-refractivity contribution in [1.82, 2.24) is 5.32 Å². The molecule has 0 heterocycles. The number of amides is 1. The summed E-state index contributed by atoms with van der Waals surface area (Å²) in [6.07, 6.45) is 0.692. The SMILES string of the molecule is CC[C@@H](NC(=O)CN(c1cccc(Br)c1)S(=O)(=O)c1ccccc1)c1ccc(C)cc1. The minimum Gasteiger partial charge on any atom is -0.348 e. The molecule has 5 nitrogen and oxygen atoms in total. The van der Waals surface area contributed by atoms with Crippen molar-refractivity contribution in [2.75, 3.05) is 10.8 Å². The van der Waals surface area contributed by atoms with Gasteiger partial charge >= 0.3 is 0 Å². The first-order chi connectivity index (χ1) is 14.8. The van der Waals surface area contributed by atoms with Crippen LogP contribution in [0.25, 0.3) is 0 Å². The number of halogens is 1. The van der Waals surface area contributed by atoms with Gasteiger partial charge in [0.2, 0.25) is 5.91 Å². The van der Waals surface area contributed by atoms with Gasteiger partial charge in [0.15, 0.2) is 0 Å². The summed E-state index contributed by atoms with van der Waals surface area (Å²) < 4.78 is 28.6. The number of anilines is 1. The molecule has 0 bridgehead atoms. The maximum atomic E-state index is 13.4. The predicted octanol–water partition coefficient (Wildman–Crippen LogP) is 5.22. The predicted molar refractivity (Wildman–Crippen MR) is 127 cm³/mol. The maximum absolute atomic E-state index is 13.4. The fraction of sp³-hybridized carbons (Fsp3) is 0.208. The van der Waals surface area contributed by atoms with Gasteiger partial charge in [0.25, 0.3) is 10.0 Å². The summed E-state index contributed by atoms with van der Waals surface area (Å²) in [5.74, 6) is -0.369. The molecule has 0 radical (unpaired) electrons. The monoisotopic (exact) mass is 500 g/mol. The zero-order valence-electron chi connectivity index (χ0n) is 17.5. The summed E-state index contributed by atoms with van der Waals surface area (Å²) in [6, 6.07) is 22.8. The number of hydrogen-bond donors (Lipinski definition) is 1. The summed E-state index contributed by atoms with van der Waals surface area (Å²) in [5, 5.41) is 2.98. The molecular formula is C24H25BrN2O3S. The molecule has 162 valence electrons. The Kier molecular flexibility index (Phi) is 7.51. The molecule has 0 aromatic heterocycles. The van der Waals surface area contributed by atoms with Crippen LogP contribution >= 0.6 is 15.9 Å². The van der Waals surface area contributed by atoms with Crippen molar-refractivity contribution in [2.24, 2.45) is 0 Å². The van der Waals surface area contributed by atoms with Gasteiger partial charge in [-0.1, -0.05) is 76.9 Å². The highest BCUT2D eigenvalue weighted by atomic mass is 79.9. The van der Waals surface area contributed by atoms with Gasteiger partial charge in [0.05, 0.1) is 16.6 Å². The van der Waals surface area contributed by atoms with Crippen LogP contribution in [0.2, 0.25) is 0 Å². The van der Waals surface area contributed by atoms with Crippen LogP contribution in [0.3, 0.4) is 0 Å². The van der Waals surface area contributed by atoms with Crippen LogP contribution in [0.15, 0.2) is 88.2 Å². The number of benzene rings is 3. The molecule has 31 heavy (non-hydrogen) atoms. The smallest absolute Gasteiger partial charge is 0.264 e. The minimum absolute atomic E-state index is 0.133. The van der Waals surface area contributed by atoms with Crippen molar-refractivity contribution >= 4 is 37.5 Å². The molecule has 0 fully saturated rings. The van der Waals surface area contributed by atoms with E-state index in [4.69, 9.17) is 0 Å². The third-order valence-corrected chi connectivity index (χ3v) is 7.22. The molecule has 0 unspecified atom stereocenters. The highest BCUT2D eigenvalue weighted by Crippen LogP contribution is 2.26. The summed E-state index contributed by atoms with van der Waals surface area (Å²) in [5.41, 5.74) is 2.54. The molecule has 0 saturated heterocycles. The Morgan fingerprint density at radius 2 is 1.68 bits per heavy atom. The molecular weight excluding hydrogens is 476 g/mol. The number of nitrogens with one attached hydrogen (secondary N) is 1. The fourth-order valence-electron chi connectivity index (χ4n) is 3.26. The Bertz CT molecular complexity index is 1130. The molecule has 3 aromatic rings. The summed E-state index contributed by atoms with van der Waals surface area (Å²) in [4.78, 5) is 13.1. The standard InChI is InChI=1S/C24H25BrN2O3S/c1-3-23(19-14-12-18(2)13-15-19)26-24(28)17-27(21-9-7-8-20(25)16-21)31(29,30)22-10-5-4-6-11-22/h4-16,23H,3,17H2,1-2H3,(H,26,28)/t23-/m1/s1. The topological polar surface area (TPSA) is 66.5 Å². The highest BCUT2D eigenvalue weighted by molar-refractivity contribution is 9.10. The van der Waals surface area contributed by atoms with E-state index in [0.29, 0.717) is 12.1 Å². The average molecular weight is 501 g/mol. The van der Waals surface area contributed by atoms with E-state index in [1.54, 1.807) is 42.5 Å². The molecule has 0 spiro atoms. The van der Waals surface area contributed by atoms with Crippen molar-refractivity contribution < 1.29 is 13.2 Å². The van der Waals surface area contributed by atoms with Gasteiger partial charge in [-0.15, -0.1) is 0 Å². The van der Waals surface area contributed by atoms with Crippen LogP contribution in [-0.4, -0.2) is 20.9 Å². The molecule has 1 N–H and O–H groups in total. The zero-order chi connectivity index (χ0) is 22.4. The van der Waals surface area contributed by atoms with Gasteiger partial charge < -0.3 is 5.32 Å². The molecule has 3 rings (SSSR count). The third-order valence-electron chi connectivity index (χ3n) is 4.94. The normalized spacial score (nSPS) is 12.2. The van der Waals surface area contributed by atoms with E-state index in [1.807, 2.05) is 38.1 Å². The van der Waals surface area contributed by atoms with Crippen LogP contribution in [0.4, 0.5) is 5.69 Å². The maximum Gasteiger partial charge on any atom is 0.264 e. The number of hydrogen-bond acceptors (Lipinski definition) is 3. The Balaban J connectivity index is 1.89. The van der Waals surface area contributed by atoms with Crippen molar-refractivity contribution in [3.63, 3.8) is 0 Å². The molecule has 3 aromatic carbocycles. The number of nitrogens with zero attached hydrogens (tertiary/aromatic N) is 1. The largest absolute Gasteiger partial charge is 0.348 e. The van der Waals surface area contributed by atoms with Gasteiger partial charge in [-0.3, -0.25) is 9.10 Å². The van der Waals surface area contributed by atoms with Crippen molar-refractivity contribution in [2.45, 2.75) is 31.2 Å². The highest BCUT2D eigenvalue weighted by Gasteiger charge is 2.28. The molecule has 1 atom stereocenters. The van der Waals surface area contributed by atoms with E-state index in [9.17, 15) is 13.2 Å². The molecule has 7 heteroatoms. The van der Waals surface area contributed by atoms with Crippen LogP contribution < -0.4 is 9.62 Å². The van der Waals surface area contributed by atoms with Crippen molar-refractivity contribution in [1.29, 1.82) is 0 Å². The van der Waals surface area contributed by atoms with Gasteiger partial charge in [-0.2, -0.15) is 0 Å². The van der Waals surface area contributed by atoms with Crippen LogP contribution in [-0.2, 0) is 14.8 Å². The van der Waals surface area contributed by atoms with Crippen molar-refractivity contribution in [3.05, 3.63) is 94.5 Å². The first-order valence-electron chi connectivity index (χ1n) is 10.0. The van der Waals surface area contributed by atoms with Crippen LogP contribution in [0.1, 0.15) is 30.5 Å². The second-order valence-corrected chi connectivity index (χ2v) is 10.0. The van der Waals surface area contributed by atoms with E-state index in [0.717, 1.165) is 19.9 Å². The summed E-state index contributed by atoms with van der Waals surface area (Å²) in [7, 11) is -3.93. The number of carbonyl (C=O) groups excluding carboxylic acids is 1. The zero-order valence-corrected chi connectivity index (χ0v) is 19.9. The van der Waals surface area contributed by atoms with Crippen LogP contribution in [0.5, 0.6) is 0 Å². The lowest BCUT2D eigenvalue weighted by Gasteiger charge is -2.26. The summed E-state index contributed by atoms with van der Waals surface area (Å²) in [6.45, 7) is 3.67. The lowest BCUT2D eigenvalue weighted by Crippen LogP contribution is -2.42. The average Bonchev–Trinajstić information content (AvgIpc) is 2.77. The molecule has 1 amide bonds. The van der Waals surface area contributed by atoms with E-state index >= 15 is 0 Å². The first-order valence-corrected chi connectivity index (χ1v) is 12.2. The number of aryl methyl sites for hydroxylation is 1. The van der Waals surface area contributed by atoms with Gasteiger partial charge in [0.1, 0.15) is 6.54 Å². The molecule has 0 aliphatic rings. The molecule has 0 aliphatic heterocycles. The van der Waals surface area contributed by atoms with Gasteiger partial charge in [-0.25, -0.2) is 8.42 Å². The fourth-order valence-corrected chi connectivity index (χ4v) is 5.08. The lowest BCUT2D eigenvalue weighted by atomic mass is 10.0. The van der Waals surface area contributed by atoms with E-state index < -0.39 is 10.0 Å². The quantitative estimate of drug-likeness (QED) is 0.460. The Morgan fingerprint density at radius 3 is 2.29 bits per heavy atom. The van der Waals surface area contributed by atoms with Gasteiger partial charge in [-0.05, 0) is 49.2 Å². The molecule has 0 saturated carbocycles.